The predicted octanol–water partition coefficient (Wildman–Crippen LogP) is 22.9. The van der Waals surface area contributed by atoms with Crippen molar-refractivity contribution in [3.05, 3.63) is 309 Å². The van der Waals surface area contributed by atoms with E-state index in [2.05, 4.69) is 9.97 Å². The summed E-state index contributed by atoms with van der Waals surface area (Å²) in [6, 6.07) is 43.7. The van der Waals surface area contributed by atoms with Crippen LogP contribution in [0.4, 0.5) is 76.7 Å². The highest BCUT2D eigenvalue weighted by Gasteiger charge is 2.36. The maximum atomic E-state index is 14.2. The molecule has 0 atom stereocenters. The van der Waals surface area contributed by atoms with Gasteiger partial charge in [-0.1, -0.05) is 42.5 Å². The van der Waals surface area contributed by atoms with Crippen LogP contribution in [0.5, 0.6) is 5.75 Å². The zero-order valence-corrected chi connectivity index (χ0v) is 82.4. The van der Waals surface area contributed by atoms with Crippen LogP contribution in [0.1, 0.15) is 172 Å². The second-order valence-electron chi connectivity index (χ2n) is 36.8. The number of aromatic nitrogens is 2. The summed E-state index contributed by atoms with van der Waals surface area (Å²) in [6.45, 7) is 27.4. The number of hydrogen-bond donors (Lipinski definition) is 2. The molecule has 23 nitrogen and oxygen atoms in total. The number of halogens is 11. The Hall–Kier alpha value is -14.3. The van der Waals surface area contributed by atoms with Gasteiger partial charge in [0.15, 0.2) is 0 Å². The van der Waals surface area contributed by atoms with Gasteiger partial charge in [-0.05, 0) is 261 Å². The van der Waals surface area contributed by atoms with E-state index >= 15 is 0 Å². The number of thioether (sulfide) groups is 2. The topological polar surface area (TPSA) is 274 Å². The van der Waals surface area contributed by atoms with Crippen LogP contribution in [0.2, 0.25) is 0 Å². The van der Waals surface area contributed by atoms with Crippen LogP contribution in [0.15, 0.2) is 210 Å². The molecule has 12 aromatic rings. The number of aryl methyl sites for hydroxylation is 2. The molecule has 36 heteroatoms. The van der Waals surface area contributed by atoms with Gasteiger partial charge in [0, 0.05) is 115 Å². The summed E-state index contributed by atoms with van der Waals surface area (Å²) < 4.78 is 185. The third kappa shape index (κ3) is 31.4. The lowest BCUT2D eigenvalue weighted by Gasteiger charge is -2.26. The molecule has 0 saturated heterocycles. The van der Waals surface area contributed by atoms with Gasteiger partial charge in [-0.2, -0.15) is 0 Å². The summed E-state index contributed by atoms with van der Waals surface area (Å²) in [4.78, 5) is 140. The average molecular weight is 2000 g/mol. The van der Waals surface area contributed by atoms with E-state index in [0.717, 1.165) is 74.5 Å². The second kappa shape index (κ2) is 47.1. The van der Waals surface area contributed by atoms with E-state index in [1.807, 2.05) is 95.7 Å². The van der Waals surface area contributed by atoms with Crippen LogP contribution in [0.3, 0.4) is 0 Å². The number of anilines is 5. The lowest BCUT2D eigenvalue weighted by atomic mass is 10.0. The van der Waals surface area contributed by atoms with Gasteiger partial charge in [0.1, 0.15) is 153 Å². The van der Waals surface area contributed by atoms with E-state index in [-0.39, 0.29) is 29.5 Å². The van der Waals surface area contributed by atoms with Crippen LogP contribution in [0.25, 0.3) is 21.8 Å². The maximum Gasteiger partial charge on any atom is 0.326 e. The first kappa shape index (κ1) is 110. The monoisotopic (exact) mass is 1990 g/mol. The summed E-state index contributed by atoms with van der Waals surface area (Å²) >= 11 is 3.03. The number of ether oxygens (including phenoxy) is 6. The number of nitrogens with one attached hydrogen (secondary N) is 2. The Labute approximate surface area is 816 Å². The van der Waals surface area contributed by atoms with Gasteiger partial charge in [-0.3, -0.25) is 72.4 Å². The van der Waals surface area contributed by atoms with Gasteiger partial charge in [-0.15, -0.1) is 23.5 Å². The molecule has 0 fully saturated rings. The van der Waals surface area contributed by atoms with E-state index in [4.69, 9.17) is 28.4 Å². The Morgan fingerprint density at radius 2 is 0.603 bits per heavy atom. The van der Waals surface area contributed by atoms with E-state index in [9.17, 15) is 96.2 Å². The Morgan fingerprint density at radius 1 is 0.312 bits per heavy atom. The molecule has 0 saturated carbocycles. The second-order valence-corrected chi connectivity index (χ2v) is 38.5. The van der Waals surface area contributed by atoms with Crippen LogP contribution >= 0.6 is 23.5 Å². The van der Waals surface area contributed by atoms with Gasteiger partial charge >= 0.3 is 29.8 Å². The number of rotatable bonds is 22. The van der Waals surface area contributed by atoms with Crippen LogP contribution in [-0.2, 0) is 54.1 Å². The molecule has 10 aromatic carbocycles. The fourth-order valence-corrected chi connectivity index (χ4v) is 14.9. The van der Waals surface area contributed by atoms with Crippen LogP contribution < -0.4 is 29.2 Å². The summed E-state index contributed by atoms with van der Waals surface area (Å²) in [5.74, 6) is -20.9. The Bertz CT molecular complexity index is 6230. The molecule has 2 N–H and O–H groups in total. The highest BCUT2D eigenvalue weighted by atomic mass is 32.2. The molecule has 13 rings (SSSR count). The number of H-pyrrole nitrogens is 2. The molecule has 0 bridgehead atoms. The molecular formula is C105H106F11N7O16S2. The van der Waals surface area contributed by atoms with Crippen molar-refractivity contribution in [2.24, 2.45) is 0 Å². The minimum Gasteiger partial charge on any atom is -0.493 e. The largest absolute Gasteiger partial charge is 0.493 e. The lowest BCUT2D eigenvalue weighted by molar-refractivity contribution is -0.154. The molecule has 0 spiro atoms. The predicted molar refractivity (Wildman–Crippen MR) is 518 cm³/mol. The summed E-state index contributed by atoms with van der Waals surface area (Å²) in [5.41, 5.74) is -1.04. The number of benzene rings is 10. The van der Waals surface area contributed by atoms with Crippen molar-refractivity contribution in [2.75, 3.05) is 76.3 Å². The molecule has 746 valence electrons. The Morgan fingerprint density at radius 3 is 0.957 bits per heavy atom. The number of nitrogens with zero attached hydrogens (tertiary/aromatic N) is 5. The van der Waals surface area contributed by atoms with Crippen molar-refractivity contribution in [2.45, 2.75) is 162 Å². The van der Waals surface area contributed by atoms with Gasteiger partial charge in [0.2, 0.25) is 0 Å². The van der Waals surface area contributed by atoms with Gasteiger partial charge in [0.05, 0.1) is 6.61 Å². The van der Waals surface area contributed by atoms with Gasteiger partial charge < -0.3 is 38.4 Å². The molecular weight excluding hydrogens is 1890 g/mol. The van der Waals surface area contributed by atoms with E-state index in [1.165, 1.54) is 40.9 Å². The normalized spacial score (nSPS) is 11.7. The molecule has 141 heavy (non-hydrogen) atoms. The van der Waals surface area contributed by atoms with Crippen molar-refractivity contribution in [1.82, 2.24) is 9.97 Å². The zero-order valence-electron chi connectivity index (χ0n) is 80.7. The van der Waals surface area contributed by atoms with Crippen LogP contribution in [-0.4, -0.2) is 149 Å². The quantitative estimate of drug-likeness (QED) is 0.0276. The minimum atomic E-state index is -1.36. The van der Waals surface area contributed by atoms with E-state index in [0.29, 0.717) is 77.6 Å². The molecule has 2 aromatic heterocycles. The zero-order chi connectivity index (χ0) is 104. The summed E-state index contributed by atoms with van der Waals surface area (Å²) in [7, 11) is 0. The lowest BCUT2D eigenvalue weighted by Crippen LogP contribution is -2.39. The highest BCUT2D eigenvalue weighted by Crippen LogP contribution is 2.36. The number of fused-ring (bicyclic) bond motifs is 3. The van der Waals surface area contributed by atoms with Crippen molar-refractivity contribution < 1.29 is 125 Å². The molecule has 0 unspecified atom stereocenters. The molecule has 1 aliphatic heterocycles. The van der Waals surface area contributed by atoms with E-state index < -0.39 is 194 Å². The van der Waals surface area contributed by atoms with Crippen LogP contribution in [0, 0.1) is 77.8 Å². The average Bonchev–Trinajstić information content (AvgIpc) is 1.80. The fraction of sp³-hybridized carbons (Fsp3) is 0.295. The van der Waals surface area contributed by atoms with Crippen molar-refractivity contribution in [3.63, 3.8) is 0 Å². The van der Waals surface area contributed by atoms with Crippen molar-refractivity contribution in [3.8, 4) is 5.75 Å². The van der Waals surface area contributed by atoms with Crippen molar-refractivity contribution >= 4 is 133 Å². The molecule has 3 heterocycles. The van der Waals surface area contributed by atoms with Crippen molar-refractivity contribution in [1.29, 1.82) is 0 Å². The van der Waals surface area contributed by atoms with Gasteiger partial charge in [0.25, 0.3) is 29.5 Å². The number of amides is 5. The first-order valence-corrected chi connectivity index (χ1v) is 46.1. The third-order valence-corrected chi connectivity index (χ3v) is 21.2. The standard InChI is InChI=1S/C22H27NO3S.2C21H19F3N2O3.C21H20F3NO4.C20H21F2NO3S/c1-15-9-7-10-16(2)20(15)21(25)23(14-19(24)26-22(3,4)5)17-11-8-12-18(13-17)27-6;1-21(2,3)29-18(27)11-26(14-4-5-17-12(8-14)6-7-25-17)20(28)19-15(23)9-13(22)10-16(19)24;1-21(2,3)29-18(27)11-26(14-5-4-12-6-7-25-17(12)10-14)20(28)19-15(23)8-13(22)9-16(19)24;1-21(2,3)29-18(26)11-25(14-4-5-17-12(8-14)6-7-28-17)20(27)19-15(23)9-13(22)10-16(19)24;1-20(2,3)26-17(24)12-23(13-7-5-8-14(11-13)27-4)19(25)18-15(21)9-6-10-16(18)22/h7-13H,14H2,1-6H3;2*4-10,25H,11H2,1-3H3;4-5,8-10H,6-7,11H2,1-3H3;5-11H,12H2,1-4H3. The first-order chi connectivity index (χ1) is 65.9. The fourth-order valence-electron chi connectivity index (χ4n) is 14.0. The number of hydrogen-bond acceptors (Lipinski definition) is 18. The highest BCUT2D eigenvalue weighted by molar-refractivity contribution is 7.98. The third-order valence-electron chi connectivity index (χ3n) is 19.7. The first-order valence-electron chi connectivity index (χ1n) is 43.7. The number of aromatic amines is 2. The summed E-state index contributed by atoms with van der Waals surface area (Å²) in [5, 5.41) is 1.57. The van der Waals surface area contributed by atoms with Gasteiger partial charge in [-0.25, -0.2) is 48.3 Å². The number of carbonyl (C=O) groups excluding carboxylic acids is 10. The Kier molecular flexibility index (Phi) is 36.9. The van der Waals surface area contributed by atoms with E-state index in [1.54, 1.807) is 174 Å². The molecule has 0 radical (unpaired) electrons. The summed E-state index contributed by atoms with van der Waals surface area (Å²) in [6.07, 6.45) is 7.80. The number of carbonyl (C=O) groups is 10. The minimum absolute atomic E-state index is 0.137. The Balaban J connectivity index is 0.000000197. The number of esters is 5. The maximum absolute atomic E-state index is 14.2. The smallest absolute Gasteiger partial charge is 0.326 e. The molecule has 1 aliphatic rings. The SMILES string of the molecule is CC(C)(C)OC(=O)CN(C(=O)c1c(F)cc(F)cc1F)c1ccc2[nH]ccc2c1.CC(C)(C)OC(=O)CN(C(=O)c1c(F)cc(F)cc1F)c1ccc2c(c1)CCO2.CC(C)(C)OC(=O)CN(C(=O)c1c(F)cc(F)cc1F)c1ccc2cc[nH]c2c1.CSc1cccc(N(CC(=O)OC(C)(C)C)C(=O)c2c(C)cccc2C)c1.CSc1cccc(N(CC(=O)OC(C)(C)C)C(=O)c2c(F)cccc2F)c1. The molecule has 0 aliphatic carbocycles. The molecule has 5 amide bonds.